The predicted octanol–water partition coefficient (Wildman–Crippen LogP) is 5.95. The number of rotatable bonds is 6. The number of halogens is 2. The molecule has 6 rings (SSSR count). The minimum Gasteiger partial charge on any atom is -0.344 e. The molecule has 4 heterocycles. The van der Waals surface area contributed by atoms with Crippen molar-refractivity contribution in [3.8, 4) is 17.9 Å². The van der Waals surface area contributed by atoms with Gasteiger partial charge in [0.05, 0.1) is 12.2 Å². The first kappa shape index (κ1) is 31.5. The lowest BCUT2D eigenvalue weighted by atomic mass is 9.95. The van der Waals surface area contributed by atoms with E-state index in [2.05, 4.69) is 33.3 Å². The van der Waals surface area contributed by atoms with Crippen molar-refractivity contribution in [2.75, 3.05) is 13.1 Å². The van der Waals surface area contributed by atoms with Crippen LogP contribution in [0, 0.1) is 41.8 Å². The molecule has 0 unspecified atom stereocenters. The number of likely N-dealkylation sites (tertiary alicyclic amines) is 1. The number of carbonyl (C=O) groups is 2. The van der Waals surface area contributed by atoms with Gasteiger partial charge >= 0.3 is 0 Å². The molecule has 236 valence electrons. The number of fused-ring (bicyclic) bond motifs is 1. The van der Waals surface area contributed by atoms with Crippen LogP contribution in [-0.2, 0) is 6.54 Å². The van der Waals surface area contributed by atoms with Crippen molar-refractivity contribution in [1.29, 1.82) is 5.26 Å². The summed E-state index contributed by atoms with van der Waals surface area (Å²) in [5.41, 5.74) is 4.52. The minimum absolute atomic E-state index is 0.0671. The van der Waals surface area contributed by atoms with Crippen molar-refractivity contribution in [2.45, 2.75) is 39.3 Å². The highest BCUT2D eigenvalue weighted by molar-refractivity contribution is 6.31. The van der Waals surface area contributed by atoms with Crippen LogP contribution in [0.25, 0.3) is 5.65 Å². The van der Waals surface area contributed by atoms with Crippen LogP contribution in [0.1, 0.15) is 74.7 Å². The highest BCUT2D eigenvalue weighted by atomic mass is 35.5. The standard InChI is InChI=1S/C36H31ClFN7O2/c1-23-8-9-27(19-26(23)10-11-29-21-40-33-7-4-16-41-45(29)33)36(47)43-17-14-25(15-18-43)22-44-28(20-39)12-13-32(44)35(46)42-24(2)34-30(37)5-3-6-31(34)38/h3-9,12-13,16,19,21,24-25H,14-15,17-18,22H2,1-2H3,(H,42,46)/t24-/m0/s1. The van der Waals surface area contributed by atoms with Crippen LogP contribution in [0.4, 0.5) is 4.39 Å². The van der Waals surface area contributed by atoms with Crippen LogP contribution in [-0.4, -0.2) is 49.0 Å². The van der Waals surface area contributed by atoms with Crippen molar-refractivity contribution in [3.63, 3.8) is 0 Å². The summed E-state index contributed by atoms with van der Waals surface area (Å²) in [4.78, 5) is 33.0. The van der Waals surface area contributed by atoms with E-state index < -0.39 is 17.8 Å². The van der Waals surface area contributed by atoms with Gasteiger partial charge in [0, 0.05) is 47.5 Å². The van der Waals surface area contributed by atoms with E-state index >= 15 is 0 Å². The number of hydrogen-bond donors (Lipinski definition) is 1. The van der Waals surface area contributed by atoms with Crippen molar-refractivity contribution in [1.82, 2.24) is 29.4 Å². The van der Waals surface area contributed by atoms with E-state index in [4.69, 9.17) is 11.6 Å². The molecule has 9 nitrogen and oxygen atoms in total. The Morgan fingerprint density at radius 1 is 1.09 bits per heavy atom. The number of carbonyl (C=O) groups excluding carboxylic acids is 2. The van der Waals surface area contributed by atoms with E-state index in [0.717, 1.165) is 11.1 Å². The Kier molecular flexibility index (Phi) is 9.05. The van der Waals surface area contributed by atoms with Crippen LogP contribution < -0.4 is 5.32 Å². The van der Waals surface area contributed by atoms with Gasteiger partial charge in [-0.15, -0.1) is 0 Å². The van der Waals surface area contributed by atoms with Crippen molar-refractivity contribution in [2.24, 2.45) is 5.92 Å². The molecule has 1 atom stereocenters. The number of aryl methyl sites for hydroxylation is 1. The normalized spacial score (nSPS) is 13.9. The van der Waals surface area contributed by atoms with E-state index in [-0.39, 0.29) is 22.4 Å². The average Bonchev–Trinajstić information content (AvgIpc) is 3.68. The van der Waals surface area contributed by atoms with Crippen LogP contribution in [0.5, 0.6) is 0 Å². The molecular weight excluding hydrogens is 617 g/mol. The molecule has 2 aromatic carbocycles. The number of amides is 2. The van der Waals surface area contributed by atoms with Crippen molar-refractivity contribution in [3.05, 3.63) is 123 Å². The summed E-state index contributed by atoms with van der Waals surface area (Å²) in [6, 6.07) is 18.3. The van der Waals surface area contributed by atoms with Gasteiger partial charge in [-0.25, -0.2) is 13.9 Å². The lowest BCUT2D eigenvalue weighted by Crippen LogP contribution is -2.39. The molecule has 0 aliphatic carbocycles. The third kappa shape index (κ3) is 6.60. The molecular formula is C36H31ClFN7O2. The minimum atomic E-state index is -0.685. The Hall–Kier alpha value is -5.45. The maximum absolute atomic E-state index is 14.4. The summed E-state index contributed by atoms with van der Waals surface area (Å²) in [6.45, 7) is 5.14. The first-order chi connectivity index (χ1) is 22.7. The van der Waals surface area contributed by atoms with Crippen molar-refractivity contribution >= 4 is 29.1 Å². The second kappa shape index (κ2) is 13.5. The van der Waals surface area contributed by atoms with E-state index in [1.54, 1.807) is 46.6 Å². The molecule has 0 bridgehead atoms. The number of nitriles is 1. The van der Waals surface area contributed by atoms with Crippen LogP contribution in [0.2, 0.25) is 5.02 Å². The Labute approximate surface area is 276 Å². The molecule has 0 saturated carbocycles. The third-order valence-corrected chi connectivity index (χ3v) is 8.87. The molecule has 0 radical (unpaired) electrons. The first-order valence-electron chi connectivity index (χ1n) is 15.3. The molecule has 2 amide bonds. The summed E-state index contributed by atoms with van der Waals surface area (Å²) in [7, 11) is 0. The monoisotopic (exact) mass is 647 g/mol. The zero-order valence-electron chi connectivity index (χ0n) is 25.9. The number of nitrogens with one attached hydrogen (secondary N) is 1. The fourth-order valence-electron chi connectivity index (χ4n) is 5.92. The molecule has 1 fully saturated rings. The van der Waals surface area contributed by atoms with E-state index in [1.807, 2.05) is 42.2 Å². The van der Waals surface area contributed by atoms with Gasteiger partial charge < -0.3 is 14.8 Å². The lowest BCUT2D eigenvalue weighted by molar-refractivity contribution is 0.0682. The van der Waals surface area contributed by atoms with E-state index in [9.17, 15) is 19.2 Å². The fraction of sp³-hybridized carbons (Fsp3) is 0.250. The van der Waals surface area contributed by atoms with Crippen LogP contribution in [0.3, 0.4) is 0 Å². The lowest BCUT2D eigenvalue weighted by Gasteiger charge is -2.32. The summed E-state index contributed by atoms with van der Waals surface area (Å²) in [5, 5.41) is 17.1. The smallest absolute Gasteiger partial charge is 0.268 e. The quantitative estimate of drug-likeness (QED) is 0.229. The second-order valence-corrected chi connectivity index (χ2v) is 12.0. The number of benzene rings is 2. The zero-order chi connectivity index (χ0) is 33.1. The molecule has 5 aromatic rings. The number of hydrogen-bond acceptors (Lipinski definition) is 5. The largest absolute Gasteiger partial charge is 0.344 e. The third-order valence-electron chi connectivity index (χ3n) is 8.54. The zero-order valence-corrected chi connectivity index (χ0v) is 26.6. The number of piperidine rings is 1. The van der Waals surface area contributed by atoms with Gasteiger partial charge in [0.2, 0.25) is 0 Å². The van der Waals surface area contributed by atoms with Gasteiger partial charge in [-0.1, -0.05) is 29.7 Å². The Morgan fingerprint density at radius 3 is 2.66 bits per heavy atom. The van der Waals surface area contributed by atoms with Gasteiger partial charge in [-0.2, -0.15) is 10.4 Å². The van der Waals surface area contributed by atoms with Gasteiger partial charge in [-0.05, 0) is 92.6 Å². The summed E-state index contributed by atoms with van der Waals surface area (Å²) >= 11 is 6.20. The number of nitrogens with zero attached hydrogens (tertiary/aromatic N) is 6. The maximum atomic E-state index is 14.4. The molecule has 1 N–H and O–H groups in total. The predicted molar refractivity (Wildman–Crippen MR) is 175 cm³/mol. The molecule has 1 saturated heterocycles. The second-order valence-electron chi connectivity index (χ2n) is 11.6. The summed E-state index contributed by atoms with van der Waals surface area (Å²) < 4.78 is 17.8. The number of imidazole rings is 1. The molecule has 0 spiro atoms. The van der Waals surface area contributed by atoms with Crippen molar-refractivity contribution < 1.29 is 14.0 Å². The summed E-state index contributed by atoms with van der Waals surface area (Å²) in [6.07, 6.45) is 4.76. The van der Waals surface area contributed by atoms with E-state index in [0.29, 0.717) is 60.8 Å². The molecule has 3 aromatic heterocycles. The van der Waals surface area contributed by atoms with Crippen LogP contribution >= 0.6 is 11.6 Å². The SMILES string of the molecule is Cc1ccc(C(=O)N2CCC(Cn3c(C#N)ccc3C(=O)N[C@@H](C)c3c(F)cccc3Cl)CC2)cc1C#Cc1cnc2cccnn12. The van der Waals surface area contributed by atoms with Gasteiger partial charge in [-0.3, -0.25) is 9.59 Å². The van der Waals surface area contributed by atoms with Gasteiger partial charge in [0.1, 0.15) is 29.0 Å². The first-order valence-corrected chi connectivity index (χ1v) is 15.7. The van der Waals surface area contributed by atoms with Gasteiger partial charge in [0.15, 0.2) is 5.65 Å². The molecule has 11 heteroatoms. The molecule has 1 aliphatic rings. The molecule has 1 aliphatic heterocycles. The Balaban J connectivity index is 1.11. The highest BCUT2D eigenvalue weighted by Crippen LogP contribution is 2.27. The van der Waals surface area contributed by atoms with Gasteiger partial charge in [0.25, 0.3) is 11.8 Å². The Morgan fingerprint density at radius 2 is 1.89 bits per heavy atom. The topological polar surface area (TPSA) is 108 Å². The summed E-state index contributed by atoms with van der Waals surface area (Å²) in [5.74, 6) is 5.45. The van der Waals surface area contributed by atoms with Crippen LogP contribution in [0.15, 0.2) is 73.1 Å². The Bertz CT molecular complexity index is 2070. The fourth-order valence-corrected chi connectivity index (χ4v) is 6.25. The van der Waals surface area contributed by atoms with E-state index in [1.165, 1.54) is 12.1 Å². The number of aromatic nitrogens is 4. The molecule has 47 heavy (non-hydrogen) atoms. The highest BCUT2D eigenvalue weighted by Gasteiger charge is 2.27. The maximum Gasteiger partial charge on any atom is 0.268 e. The average molecular weight is 648 g/mol.